The molecule has 5 atom stereocenters. The highest BCUT2D eigenvalue weighted by Gasteiger charge is 2.29. The van der Waals surface area contributed by atoms with Gasteiger partial charge in [-0.15, -0.1) is 0 Å². The largest absolute Gasteiger partial charge is 0.472 e. The van der Waals surface area contributed by atoms with Crippen LogP contribution in [0, 0.1) is 0 Å². The van der Waals surface area contributed by atoms with Gasteiger partial charge < -0.3 is 34.2 Å². The average molecular weight is 1620 g/mol. The molecule has 0 saturated heterocycles. The van der Waals surface area contributed by atoms with E-state index in [0.29, 0.717) is 19.3 Å². The number of phosphoric ester groups is 2. The van der Waals surface area contributed by atoms with Crippen molar-refractivity contribution in [2.45, 2.75) is 347 Å². The van der Waals surface area contributed by atoms with Crippen LogP contribution in [0.5, 0.6) is 0 Å². The zero-order chi connectivity index (χ0) is 82.2. The summed E-state index contributed by atoms with van der Waals surface area (Å²) in [4.78, 5) is 58.9. The fourth-order valence-corrected chi connectivity index (χ4v) is 12.9. The van der Waals surface area contributed by atoms with Gasteiger partial charge in [-0.05, 0) is 161 Å². The Morgan fingerprint density at radius 3 is 0.708 bits per heavy atom. The van der Waals surface area contributed by atoms with Crippen molar-refractivity contribution in [3.63, 3.8) is 0 Å². The van der Waals surface area contributed by atoms with Crippen molar-refractivity contribution in [2.75, 3.05) is 39.6 Å². The van der Waals surface area contributed by atoms with Gasteiger partial charge in [0.1, 0.15) is 25.4 Å². The summed E-state index contributed by atoms with van der Waals surface area (Å²) in [6, 6.07) is 0. The van der Waals surface area contributed by atoms with Crippen LogP contribution in [-0.4, -0.2) is 95.9 Å². The van der Waals surface area contributed by atoms with Crippen molar-refractivity contribution >= 4 is 33.6 Å². The molecule has 0 aliphatic heterocycles. The summed E-state index contributed by atoms with van der Waals surface area (Å²) in [5.41, 5.74) is 0. The molecule has 0 aromatic rings. The van der Waals surface area contributed by atoms with E-state index in [-0.39, 0.29) is 19.3 Å². The molecule has 0 bridgehead atoms. The van der Waals surface area contributed by atoms with Crippen molar-refractivity contribution in [1.29, 1.82) is 0 Å². The molecule has 0 aliphatic rings. The molecule has 16 nitrogen and oxygen atoms in total. The molecule has 0 aromatic heterocycles. The number of esters is 3. The standard InChI is InChI=1S/C95H156O16P2/c1-4-7-10-13-16-19-22-25-28-31-34-36-38-40-42-43-44-45-47-49-50-52-55-57-60-63-66-69-72-75-78-81-93(98)105-84-90(96)85-107-112(101,102)108-86-91(97)87-109-113(103,104)110-89-92(111-95(100)83-80-77-74-71-68-65-62-59-54-33-30-27-24-21-18-15-12-9-6-3)88-106-94(99)82-79-76-73-70-67-64-61-58-56-53-51-48-46-41-39-37-35-32-29-26-23-20-17-14-11-8-5-2/h7-12,16-21,25-30,34-37,40-42,46,51,53-54,59,65,68,90-92,96-97H,4-6,13-15,22-24,31-33,38-39,43-45,47-50,52,55-58,60-64,66-67,69-89H2,1-3H3,(H,101,102)(H,103,104)/b10-7-,11-8-,12-9-,19-16-,20-17-,21-18-,28-25-,29-26-,30-27-,36-34-,37-35-,42-40-,46-41-,53-51-,59-54-,68-65-. The fraction of sp³-hybridized carbons (Fsp3) is 0.632. The zero-order valence-electron chi connectivity index (χ0n) is 70.5. The number of unbranched alkanes of at least 4 members (excludes halogenated alkanes) is 26. The number of allylic oxidation sites excluding steroid dienone is 32. The minimum Gasteiger partial charge on any atom is -0.463 e. The maximum Gasteiger partial charge on any atom is 0.472 e. The van der Waals surface area contributed by atoms with Crippen LogP contribution >= 0.6 is 15.6 Å². The number of hydrogen-bond donors (Lipinski definition) is 4. The van der Waals surface area contributed by atoms with Crippen molar-refractivity contribution in [3.05, 3.63) is 194 Å². The predicted octanol–water partition coefficient (Wildman–Crippen LogP) is 26.7. The lowest BCUT2D eigenvalue weighted by atomic mass is 10.0. The second kappa shape index (κ2) is 85.8. The SMILES string of the molecule is CC/C=C\C/C=C\C/C=C\C/C=C\C/C=C\C/C=C\CCCCCCCCCCC(=O)OCC(COP(=O)(O)OCC(O)COP(=O)(O)OCC(O)COC(=O)CCCCCCCCCCCCCCCCC/C=C\C/C=C\C/C=C\C/C=C\C/C=C\CC)OC(=O)CCCCC/C=C\C/C=C\C/C=C\C/C=C\C/C=C\CC. The number of aliphatic hydroxyl groups is 2. The Bertz CT molecular complexity index is 2830. The Labute approximate surface area is 687 Å². The normalized spacial score (nSPS) is 14.8. The highest BCUT2D eigenvalue weighted by Crippen LogP contribution is 2.45. The summed E-state index contributed by atoms with van der Waals surface area (Å²) in [6.45, 7) is 2.30. The van der Waals surface area contributed by atoms with Gasteiger partial charge in [-0.25, -0.2) is 9.13 Å². The third-order valence-corrected chi connectivity index (χ3v) is 19.7. The van der Waals surface area contributed by atoms with Crippen LogP contribution < -0.4 is 0 Å². The van der Waals surface area contributed by atoms with Gasteiger partial charge in [-0.1, -0.05) is 344 Å². The Morgan fingerprint density at radius 1 is 0.248 bits per heavy atom. The van der Waals surface area contributed by atoms with E-state index in [1.165, 1.54) is 83.5 Å². The highest BCUT2D eigenvalue weighted by atomic mass is 31.2. The first-order valence-corrected chi connectivity index (χ1v) is 46.7. The molecule has 0 aliphatic carbocycles. The molecule has 0 amide bonds. The number of phosphoric acid groups is 2. The first-order valence-electron chi connectivity index (χ1n) is 43.7. The van der Waals surface area contributed by atoms with E-state index >= 15 is 0 Å². The number of aliphatic hydroxyl groups excluding tert-OH is 2. The fourth-order valence-electron chi connectivity index (χ4n) is 11.3. The predicted molar refractivity (Wildman–Crippen MR) is 472 cm³/mol. The Hall–Kier alpha value is -5.61. The van der Waals surface area contributed by atoms with Gasteiger partial charge in [0, 0.05) is 19.3 Å². The first kappa shape index (κ1) is 107. The molecule has 642 valence electrons. The Morgan fingerprint density at radius 2 is 0.442 bits per heavy atom. The molecule has 0 aromatic carbocycles. The van der Waals surface area contributed by atoms with Gasteiger partial charge in [0.15, 0.2) is 6.10 Å². The molecule has 0 heterocycles. The number of carbonyl (C=O) groups excluding carboxylic acids is 3. The molecule has 0 spiro atoms. The van der Waals surface area contributed by atoms with Gasteiger partial charge in [0.05, 0.1) is 26.4 Å². The molecule has 0 fully saturated rings. The summed E-state index contributed by atoms with van der Waals surface area (Å²) in [6.07, 6.45) is 113. The summed E-state index contributed by atoms with van der Waals surface area (Å²) in [5.74, 6) is -1.63. The second-order valence-corrected chi connectivity index (χ2v) is 31.5. The Balaban J connectivity index is 4.61. The minimum atomic E-state index is -4.96. The van der Waals surface area contributed by atoms with Crippen LogP contribution in [0.3, 0.4) is 0 Å². The van der Waals surface area contributed by atoms with E-state index < -0.39 is 91.5 Å². The molecule has 4 N–H and O–H groups in total. The van der Waals surface area contributed by atoms with Gasteiger partial charge >= 0.3 is 33.6 Å². The molecule has 5 unspecified atom stereocenters. The summed E-state index contributed by atoms with van der Waals surface area (Å²) >= 11 is 0. The maximum absolute atomic E-state index is 13.0. The molecule has 0 saturated carbocycles. The monoisotopic (exact) mass is 1620 g/mol. The van der Waals surface area contributed by atoms with E-state index in [4.69, 9.17) is 32.3 Å². The Kier molecular flexibility index (Phi) is 81.5. The topological polar surface area (TPSA) is 231 Å². The number of hydrogen-bond acceptors (Lipinski definition) is 14. The lowest BCUT2D eigenvalue weighted by Crippen LogP contribution is -2.30. The number of carbonyl (C=O) groups is 3. The van der Waals surface area contributed by atoms with E-state index in [1.54, 1.807) is 0 Å². The maximum atomic E-state index is 13.0. The third-order valence-electron chi connectivity index (χ3n) is 17.8. The van der Waals surface area contributed by atoms with Crippen molar-refractivity contribution in [2.24, 2.45) is 0 Å². The van der Waals surface area contributed by atoms with Crippen molar-refractivity contribution < 1.29 is 75.8 Å². The number of rotatable bonds is 81. The van der Waals surface area contributed by atoms with Crippen LogP contribution in [-0.2, 0) is 55.8 Å². The lowest BCUT2D eigenvalue weighted by Gasteiger charge is -2.21. The molecular weight excluding hydrogens is 1460 g/mol. The molecular formula is C95H156O16P2. The van der Waals surface area contributed by atoms with Crippen molar-refractivity contribution in [3.8, 4) is 0 Å². The van der Waals surface area contributed by atoms with Crippen LogP contribution in [0.4, 0.5) is 0 Å². The van der Waals surface area contributed by atoms with Gasteiger partial charge in [0.25, 0.3) is 0 Å². The summed E-state index contributed by atoms with van der Waals surface area (Å²) < 4.78 is 61.3. The van der Waals surface area contributed by atoms with Crippen LogP contribution in [0.25, 0.3) is 0 Å². The zero-order valence-corrected chi connectivity index (χ0v) is 72.3. The molecule has 18 heteroatoms. The summed E-state index contributed by atoms with van der Waals surface area (Å²) in [7, 11) is -9.83. The quantitative estimate of drug-likeness (QED) is 0.0146. The van der Waals surface area contributed by atoms with Gasteiger partial charge in [0.2, 0.25) is 0 Å². The molecule has 0 radical (unpaired) electrons. The van der Waals surface area contributed by atoms with Crippen molar-refractivity contribution in [1.82, 2.24) is 0 Å². The third kappa shape index (κ3) is 87.1. The smallest absolute Gasteiger partial charge is 0.463 e. The van der Waals surface area contributed by atoms with E-state index in [2.05, 4.69) is 215 Å². The average Bonchev–Trinajstić information content (AvgIpc) is 0.901. The van der Waals surface area contributed by atoms with E-state index in [1.807, 2.05) is 0 Å². The van der Waals surface area contributed by atoms with Gasteiger partial charge in [-0.2, -0.15) is 0 Å². The molecule has 113 heavy (non-hydrogen) atoms. The van der Waals surface area contributed by atoms with Gasteiger partial charge in [-0.3, -0.25) is 32.5 Å². The molecule has 0 rings (SSSR count). The highest BCUT2D eigenvalue weighted by molar-refractivity contribution is 7.47. The summed E-state index contributed by atoms with van der Waals surface area (Å²) in [5, 5.41) is 20.7. The van der Waals surface area contributed by atoms with Crippen LogP contribution in [0.15, 0.2) is 194 Å². The van der Waals surface area contributed by atoms with Crippen LogP contribution in [0.2, 0.25) is 0 Å². The second-order valence-electron chi connectivity index (χ2n) is 28.5. The van der Waals surface area contributed by atoms with Crippen LogP contribution in [0.1, 0.15) is 329 Å². The van der Waals surface area contributed by atoms with E-state index in [0.717, 1.165) is 186 Å². The lowest BCUT2D eigenvalue weighted by molar-refractivity contribution is -0.161. The minimum absolute atomic E-state index is 0.0565. The first-order chi connectivity index (χ1) is 55.2. The van der Waals surface area contributed by atoms with E-state index in [9.17, 15) is 43.5 Å². The number of ether oxygens (including phenoxy) is 3.